The van der Waals surface area contributed by atoms with Gasteiger partial charge in [-0.2, -0.15) is 0 Å². The summed E-state index contributed by atoms with van der Waals surface area (Å²) in [6.45, 7) is 3.62. The number of rotatable bonds is 6. The number of benzene rings is 1. The van der Waals surface area contributed by atoms with E-state index in [-0.39, 0.29) is 17.9 Å². The lowest BCUT2D eigenvalue weighted by Gasteiger charge is -2.27. The fraction of sp³-hybridized carbons (Fsp3) is 0.458. The van der Waals surface area contributed by atoms with E-state index < -0.39 is 17.4 Å². The lowest BCUT2D eigenvalue weighted by atomic mass is 9.76. The molecule has 0 N–H and O–H groups in total. The van der Waals surface area contributed by atoms with Crippen LogP contribution >= 0.6 is 0 Å². The largest absolute Gasteiger partial charge is 0.360 e. The molecule has 2 saturated heterocycles. The minimum atomic E-state index is -0.667. The van der Waals surface area contributed by atoms with Crippen LogP contribution in [0.5, 0.6) is 0 Å². The van der Waals surface area contributed by atoms with Gasteiger partial charge in [0.05, 0.1) is 31.0 Å². The number of fused-ring (bicyclic) bond motifs is 1. The number of nitrogens with zero attached hydrogens (tertiary/aromatic N) is 4. The molecular weight excluding hydrogens is 392 g/mol. The molecule has 2 fully saturated rings. The van der Waals surface area contributed by atoms with Crippen LogP contribution in [0.25, 0.3) is 0 Å². The summed E-state index contributed by atoms with van der Waals surface area (Å²) in [4.78, 5) is 34.6. The second-order valence-corrected chi connectivity index (χ2v) is 9.04. The Morgan fingerprint density at radius 1 is 1.32 bits per heavy atom. The maximum absolute atomic E-state index is 13.4. The third-order valence-corrected chi connectivity index (χ3v) is 6.93. The molecule has 3 aliphatic rings. The maximum Gasteiger partial charge on any atom is 0.230 e. The van der Waals surface area contributed by atoms with Crippen molar-refractivity contribution in [1.29, 1.82) is 0 Å². The molecule has 4 atom stereocenters. The number of hydrogen-bond donors (Lipinski definition) is 0. The minimum absolute atomic E-state index is 0.0303. The van der Waals surface area contributed by atoms with E-state index in [1.165, 1.54) is 11.1 Å². The van der Waals surface area contributed by atoms with Gasteiger partial charge >= 0.3 is 0 Å². The van der Waals surface area contributed by atoms with E-state index in [1.807, 2.05) is 34.9 Å². The molecule has 1 aromatic heterocycles. The molecule has 4 heterocycles. The van der Waals surface area contributed by atoms with Crippen molar-refractivity contribution in [1.82, 2.24) is 19.4 Å². The zero-order valence-corrected chi connectivity index (χ0v) is 18.2. The summed E-state index contributed by atoms with van der Waals surface area (Å²) in [5, 5.41) is 0. The minimum Gasteiger partial charge on any atom is -0.360 e. The van der Waals surface area contributed by atoms with Gasteiger partial charge in [-0.15, -0.1) is 0 Å². The first-order valence-corrected chi connectivity index (χ1v) is 10.8. The lowest BCUT2D eigenvalue weighted by Crippen LogP contribution is -2.44. The summed E-state index contributed by atoms with van der Waals surface area (Å²) >= 11 is 0. The zero-order valence-electron chi connectivity index (χ0n) is 18.2. The van der Waals surface area contributed by atoms with Crippen LogP contribution in [-0.4, -0.2) is 63.0 Å². The number of hydrogen-bond acceptors (Lipinski definition) is 4. The summed E-state index contributed by atoms with van der Waals surface area (Å²) in [5.74, 6) is -0.146. The van der Waals surface area contributed by atoms with Gasteiger partial charge in [0.25, 0.3) is 0 Å². The van der Waals surface area contributed by atoms with Gasteiger partial charge in [0.1, 0.15) is 11.4 Å². The van der Waals surface area contributed by atoms with E-state index >= 15 is 0 Å². The van der Waals surface area contributed by atoms with E-state index in [9.17, 15) is 9.59 Å². The van der Waals surface area contributed by atoms with E-state index in [1.54, 1.807) is 18.1 Å². The number of aromatic nitrogens is 2. The summed E-state index contributed by atoms with van der Waals surface area (Å²) in [5.41, 5.74) is 1.76. The Kier molecular flexibility index (Phi) is 4.73. The summed E-state index contributed by atoms with van der Waals surface area (Å²) in [7, 11) is 3.68. The van der Waals surface area contributed by atoms with E-state index in [0.29, 0.717) is 19.6 Å². The van der Waals surface area contributed by atoms with Gasteiger partial charge < -0.3 is 19.1 Å². The topological polar surface area (TPSA) is 67.7 Å². The highest BCUT2D eigenvalue weighted by atomic mass is 16.5. The predicted octanol–water partition coefficient (Wildman–Crippen LogP) is 1.71. The van der Waals surface area contributed by atoms with Gasteiger partial charge in [0, 0.05) is 33.0 Å². The van der Waals surface area contributed by atoms with Crippen molar-refractivity contribution >= 4 is 11.8 Å². The Bertz CT molecular complexity index is 1040. The number of likely N-dealkylation sites (tertiary alicyclic amines) is 1. The maximum atomic E-state index is 13.4. The van der Waals surface area contributed by atoms with Gasteiger partial charge in [-0.05, 0) is 18.9 Å². The average Bonchev–Trinajstić information content (AvgIpc) is 3.49. The molecule has 2 bridgehead atoms. The first-order chi connectivity index (χ1) is 14.9. The zero-order chi connectivity index (χ0) is 21.8. The van der Waals surface area contributed by atoms with Crippen molar-refractivity contribution in [3.05, 3.63) is 65.8 Å². The molecule has 0 saturated carbocycles. The standard InChI is InChI=1S/C24H28N4O3/c1-16-4-6-17(7-5-16)9-12-28-15-24-10-8-18(31-24)20(21(24)23(28)30)22(29)27(3)14-19-25-11-13-26(19)2/h4-8,10-11,13,18,20-21H,9,12,14-15H2,1-3H3. The molecule has 4 unspecified atom stereocenters. The Balaban J connectivity index is 1.31. The molecule has 2 aromatic rings. The number of carbonyl (C=O) groups excluding carboxylic acids is 2. The third kappa shape index (κ3) is 3.28. The molecule has 7 nitrogen and oxygen atoms in total. The third-order valence-electron chi connectivity index (χ3n) is 6.93. The molecule has 5 rings (SSSR count). The van der Waals surface area contributed by atoms with Crippen LogP contribution < -0.4 is 0 Å². The molecule has 0 aliphatic carbocycles. The van der Waals surface area contributed by atoms with Crippen molar-refractivity contribution < 1.29 is 14.3 Å². The molecule has 7 heteroatoms. The Morgan fingerprint density at radius 2 is 2.10 bits per heavy atom. The fourth-order valence-electron chi connectivity index (χ4n) is 5.16. The SMILES string of the molecule is Cc1ccc(CCN2CC34C=CC(O3)C(C(=O)N(C)Cc3nccn3C)C4C2=O)cc1. The van der Waals surface area contributed by atoms with E-state index in [0.717, 1.165) is 12.2 Å². The number of aryl methyl sites for hydroxylation is 2. The number of carbonyl (C=O) groups is 2. The van der Waals surface area contributed by atoms with Gasteiger partial charge in [0.15, 0.2) is 0 Å². The summed E-state index contributed by atoms with van der Waals surface area (Å²) in [6, 6.07) is 8.40. The normalized spacial score (nSPS) is 28.4. The highest BCUT2D eigenvalue weighted by Crippen LogP contribution is 2.52. The second kappa shape index (κ2) is 7.34. The monoisotopic (exact) mass is 420 g/mol. The second-order valence-electron chi connectivity index (χ2n) is 9.04. The van der Waals surface area contributed by atoms with Gasteiger partial charge in [-0.1, -0.05) is 42.0 Å². The molecular formula is C24H28N4O3. The molecule has 31 heavy (non-hydrogen) atoms. The van der Waals surface area contributed by atoms with Crippen molar-refractivity contribution in [2.45, 2.75) is 31.6 Å². The van der Waals surface area contributed by atoms with Crippen molar-refractivity contribution in [3.63, 3.8) is 0 Å². The smallest absolute Gasteiger partial charge is 0.230 e. The Hall–Kier alpha value is -2.93. The van der Waals surface area contributed by atoms with Gasteiger partial charge in [0.2, 0.25) is 11.8 Å². The highest BCUT2D eigenvalue weighted by Gasteiger charge is 2.66. The van der Waals surface area contributed by atoms with Crippen LogP contribution in [0.15, 0.2) is 48.8 Å². The summed E-state index contributed by atoms with van der Waals surface area (Å²) in [6.07, 6.45) is 8.01. The van der Waals surface area contributed by atoms with Gasteiger partial charge in [-0.25, -0.2) is 4.98 Å². The molecule has 0 radical (unpaired) electrons. The first-order valence-electron chi connectivity index (χ1n) is 10.8. The quantitative estimate of drug-likeness (QED) is 0.668. The Labute approximate surface area is 182 Å². The molecule has 3 aliphatic heterocycles. The van der Waals surface area contributed by atoms with Crippen molar-refractivity contribution in [3.8, 4) is 0 Å². The van der Waals surface area contributed by atoms with E-state index in [4.69, 9.17) is 4.74 Å². The van der Waals surface area contributed by atoms with Crippen molar-refractivity contribution in [2.75, 3.05) is 20.1 Å². The van der Waals surface area contributed by atoms with Crippen molar-refractivity contribution in [2.24, 2.45) is 18.9 Å². The van der Waals surface area contributed by atoms with Gasteiger partial charge in [-0.3, -0.25) is 9.59 Å². The van der Waals surface area contributed by atoms with Crippen LogP contribution in [-0.2, 0) is 34.3 Å². The Morgan fingerprint density at radius 3 is 2.81 bits per heavy atom. The fourth-order valence-corrected chi connectivity index (χ4v) is 5.16. The van der Waals surface area contributed by atoms with E-state index in [2.05, 4.69) is 36.2 Å². The number of ether oxygens (including phenoxy) is 1. The van der Waals surface area contributed by atoms with Crippen LogP contribution in [0.4, 0.5) is 0 Å². The van der Waals surface area contributed by atoms with Crippen LogP contribution in [0, 0.1) is 18.8 Å². The van der Waals surface area contributed by atoms with Crippen LogP contribution in [0.1, 0.15) is 17.0 Å². The lowest BCUT2D eigenvalue weighted by molar-refractivity contribution is -0.142. The molecule has 2 amide bonds. The number of amides is 2. The van der Waals surface area contributed by atoms with Crippen LogP contribution in [0.2, 0.25) is 0 Å². The molecule has 1 spiro atoms. The van der Waals surface area contributed by atoms with Crippen LogP contribution in [0.3, 0.4) is 0 Å². The molecule has 162 valence electrons. The number of imidazole rings is 1. The molecule has 1 aromatic carbocycles. The first kappa shape index (κ1) is 20.0. The highest BCUT2D eigenvalue weighted by molar-refractivity contribution is 5.93. The average molecular weight is 421 g/mol. The predicted molar refractivity (Wildman–Crippen MR) is 115 cm³/mol. The summed E-state index contributed by atoms with van der Waals surface area (Å²) < 4.78 is 8.15.